The maximum Gasteiger partial charge on any atom is 0.222 e. The summed E-state index contributed by atoms with van der Waals surface area (Å²) in [7, 11) is 0. The molecule has 0 aromatic heterocycles. The van der Waals surface area contributed by atoms with Crippen LogP contribution in [0.2, 0.25) is 0 Å². The van der Waals surface area contributed by atoms with Crippen LogP contribution < -0.4 is 11.1 Å². The zero-order valence-electron chi connectivity index (χ0n) is 8.16. The third-order valence-electron chi connectivity index (χ3n) is 2.53. The maximum absolute atomic E-state index is 11.2. The Labute approximate surface area is 78.5 Å². The van der Waals surface area contributed by atoms with Gasteiger partial charge in [-0.1, -0.05) is 13.8 Å². The molecule has 0 heterocycles. The zero-order chi connectivity index (χ0) is 10.0. The van der Waals surface area contributed by atoms with Crippen LogP contribution in [0, 0.1) is 11.8 Å². The first-order valence-electron chi connectivity index (χ1n) is 4.74. The summed E-state index contributed by atoms with van der Waals surface area (Å²) in [4.78, 5) is 11.2. The zero-order valence-corrected chi connectivity index (χ0v) is 8.16. The van der Waals surface area contributed by atoms with E-state index in [1.54, 1.807) is 0 Å². The Morgan fingerprint density at radius 2 is 2.08 bits per heavy atom. The average molecular weight is 186 g/mol. The van der Waals surface area contributed by atoms with E-state index in [0.29, 0.717) is 0 Å². The molecular formula is C9H18N2O2. The monoisotopic (exact) mass is 186 g/mol. The van der Waals surface area contributed by atoms with Crippen LogP contribution in [0.4, 0.5) is 0 Å². The van der Waals surface area contributed by atoms with Crippen molar-refractivity contribution in [1.82, 2.24) is 5.32 Å². The smallest absolute Gasteiger partial charge is 0.222 e. The van der Waals surface area contributed by atoms with E-state index >= 15 is 0 Å². The highest BCUT2D eigenvalue weighted by molar-refractivity contribution is 5.78. The molecule has 1 saturated carbocycles. The van der Waals surface area contributed by atoms with E-state index in [1.807, 2.05) is 13.8 Å². The number of carbonyl (C=O) groups excluding carboxylic acids is 1. The Morgan fingerprint density at radius 1 is 1.54 bits per heavy atom. The molecule has 0 aromatic carbocycles. The lowest BCUT2D eigenvalue weighted by Gasteiger charge is -2.37. The minimum Gasteiger partial charge on any atom is -0.379 e. The van der Waals surface area contributed by atoms with Crippen molar-refractivity contribution < 1.29 is 9.90 Å². The molecule has 1 fully saturated rings. The van der Waals surface area contributed by atoms with Gasteiger partial charge in [0.2, 0.25) is 5.91 Å². The van der Waals surface area contributed by atoms with Crippen molar-refractivity contribution in [3.05, 3.63) is 0 Å². The van der Waals surface area contributed by atoms with Crippen LogP contribution in [0.3, 0.4) is 0 Å². The molecule has 4 N–H and O–H groups in total. The molecule has 0 aromatic rings. The molecule has 1 atom stereocenters. The molecule has 0 aliphatic heterocycles. The number of nitrogens with one attached hydrogen (secondary N) is 1. The van der Waals surface area contributed by atoms with Crippen molar-refractivity contribution in [3.8, 4) is 0 Å². The summed E-state index contributed by atoms with van der Waals surface area (Å²) in [5, 5.41) is 11.9. The predicted molar refractivity (Wildman–Crippen MR) is 49.7 cm³/mol. The standard InChI is InChI=1S/C9H18N2O2/c1-5(2)9(13)11-7-3-6(4-7)8(10)12/h5-8,12H,3-4,10H2,1-2H3,(H,11,13). The average Bonchev–Trinajstić information content (AvgIpc) is 1.94. The number of carbonyl (C=O) groups is 1. The molecule has 0 saturated heterocycles. The summed E-state index contributed by atoms with van der Waals surface area (Å²) < 4.78 is 0. The van der Waals surface area contributed by atoms with E-state index in [1.165, 1.54) is 0 Å². The Kier molecular flexibility index (Phi) is 3.27. The highest BCUT2D eigenvalue weighted by Gasteiger charge is 2.33. The minimum absolute atomic E-state index is 0.0295. The van der Waals surface area contributed by atoms with Crippen LogP contribution in [0.1, 0.15) is 26.7 Å². The molecule has 76 valence electrons. The molecule has 0 bridgehead atoms. The second-order valence-electron chi connectivity index (χ2n) is 4.08. The van der Waals surface area contributed by atoms with Crippen LogP contribution in [0.5, 0.6) is 0 Å². The van der Waals surface area contributed by atoms with Crippen molar-refractivity contribution in [2.45, 2.75) is 39.0 Å². The van der Waals surface area contributed by atoms with Gasteiger partial charge in [0.25, 0.3) is 0 Å². The van der Waals surface area contributed by atoms with Gasteiger partial charge in [-0.2, -0.15) is 0 Å². The molecule has 1 amide bonds. The number of rotatable bonds is 3. The van der Waals surface area contributed by atoms with Crippen molar-refractivity contribution in [1.29, 1.82) is 0 Å². The lowest BCUT2D eigenvalue weighted by atomic mass is 9.79. The molecule has 1 aliphatic rings. The van der Waals surface area contributed by atoms with E-state index in [2.05, 4.69) is 5.32 Å². The van der Waals surface area contributed by atoms with E-state index in [-0.39, 0.29) is 23.8 Å². The fourth-order valence-corrected chi connectivity index (χ4v) is 1.43. The summed E-state index contributed by atoms with van der Waals surface area (Å²) in [5.41, 5.74) is 5.29. The highest BCUT2D eigenvalue weighted by Crippen LogP contribution is 2.28. The Hall–Kier alpha value is -0.610. The van der Waals surface area contributed by atoms with Crippen molar-refractivity contribution >= 4 is 5.91 Å². The topological polar surface area (TPSA) is 75.4 Å². The number of aliphatic hydroxyl groups excluding tert-OH is 1. The van der Waals surface area contributed by atoms with Gasteiger partial charge in [0.1, 0.15) is 6.23 Å². The minimum atomic E-state index is -0.729. The van der Waals surface area contributed by atoms with Crippen LogP contribution in [0.25, 0.3) is 0 Å². The van der Waals surface area contributed by atoms with E-state index in [0.717, 1.165) is 12.8 Å². The van der Waals surface area contributed by atoms with Crippen LogP contribution in [-0.4, -0.2) is 23.3 Å². The molecule has 0 spiro atoms. The first-order valence-corrected chi connectivity index (χ1v) is 4.74. The van der Waals surface area contributed by atoms with E-state index in [9.17, 15) is 4.79 Å². The second kappa shape index (κ2) is 4.07. The molecule has 1 aliphatic carbocycles. The fraction of sp³-hybridized carbons (Fsp3) is 0.889. The van der Waals surface area contributed by atoms with Gasteiger partial charge in [-0.25, -0.2) is 0 Å². The molecule has 1 unspecified atom stereocenters. The van der Waals surface area contributed by atoms with Gasteiger partial charge in [0.15, 0.2) is 0 Å². The van der Waals surface area contributed by atoms with E-state index < -0.39 is 6.23 Å². The van der Waals surface area contributed by atoms with Crippen LogP contribution in [0.15, 0.2) is 0 Å². The van der Waals surface area contributed by atoms with E-state index in [4.69, 9.17) is 10.8 Å². The quantitative estimate of drug-likeness (QED) is 0.535. The lowest BCUT2D eigenvalue weighted by Crippen LogP contribution is -2.50. The third-order valence-corrected chi connectivity index (χ3v) is 2.53. The number of hydrogen-bond donors (Lipinski definition) is 3. The van der Waals surface area contributed by atoms with Crippen LogP contribution >= 0.6 is 0 Å². The van der Waals surface area contributed by atoms with Crippen LogP contribution in [-0.2, 0) is 4.79 Å². The predicted octanol–water partition coefficient (Wildman–Crippen LogP) is -0.186. The van der Waals surface area contributed by atoms with Gasteiger partial charge in [-0.05, 0) is 12.8 Å². The van der Waals surface area contributed by atoms with Gasteiger partial charge < -0.3 is 16.2 Å². The van der Waals surface area contributed by atoms with Crippen molar-refractivity contribution in [2.24, 2.45) is 17.6 Å². The molecular weight excluding hydrogens is 168 g/mol. The van der Waals surface area contributed by atoms with Gasteiger partial charge in [-0.3, -0.25) is 4.79 Å². The Morgan fingerprint density at radius 3 is 2.46 bits per heavy atom. The summed E-state index contributed by atoms with van der Waals surface area (Å²) in [6.07, 6.45) is 0.874. The highest BCUT2D eigenvalue weighted by atomic mass is 16.3. The number of nitrogens with two attached hydrogens (primary N) is 1. The van der Waals surface area contributed by atoms with Crippen molar-refractivity contribution in [2.75, 3.05) is 0 Å². The molecule has 1 rings (SSSR count). The van der Waals surface area contributed by atoms with Gasteiger partial charge in [0, 0.05) is 17.9 Å². The molecule has 4 heteroatoms. The summed E-state index contributed by atoms with van der Waals surface area (Å²) in [5.74, 6) is 0.272. The number of aliphatic hydroxyl groups is 1. The second-order valence-corrected chi connectivity index (χ2v) is 4.08. The number of amides is 1. The first-order chi connectivity index (χ1) is 6.00. The summed E-state index contributed by atoms with van der Waals surface area (Å²) in [6, 6.07) is 0.220. The summed E-state index contributed by atoms with van der Waals surface area (Å²) >= 11 is 0. The SMILES string of the molecule is CC(C)C(=O)NC1CC(C(N)O)C1. The van der Waals surface area contributed by atoms with Gasteiger partial charge in [-0.15, -0.1) is 0 Å². The molecule has 13 heavy (non-hydrogen) atoms. The Bertz CT molecular complexity index is 186. The first kappa shape index (κ1) is 10.5. The van der Waals surface area contributed by atoms with Gasteiger partial charge in [0.05, 0.1) is 0 Å². The fourth-order valence-electron chi connectivity index (χ4n) is 1.43. The Balaban J connectivity index is 2.18. The number of hydrogen-bond acceptors (Lipinski definition) is 3. The van der Waals surface area contributed by atoms with Crippen molar-refractivity contribution in [3.63, 3.8) is 0 Å². The van der Waals surface area contributed by atoms with Gasteiger partial charge >= 0.3 is 0 Å². The lowest BCUT2D eigenvalue weighted by molar-refractivity contribution is -0.126. The maximum atomic E-state index is 11.2. The largest absolute Gasteiger partial charge is 0.379 e. The summed E-state index contributed by atoms with van der Waals surface area (Å²) in [6.45, 7) is 3.73. The molecule has 0 radical (unpaired) electrons. The normalized spacial score (nSPS) is 29.6. The molecule has 4 nitrogen and oxygen atoms in total. The third kappa shape index (κ3) is 2.67.